The summed E-state index contributed by atoms with van der Waals surface area (Å²) in [5, 5.41) is 0. The fraction of sp³-hybridized carbons (Fsp3) is 0.875. The number of carbonyl (C=O) groups is 1. The standard InChI is InChI=1S/C8H17O3P/c1-6-12(10,11-5)7(9)8(2,3)4/h6H2,1-5H3/t12-/m1/s1. The Labute approximate surface area is 73.9 Å². The summed E-state index contributed by atoms with van der Waals surface area (Å²) in [6.07, 6.45) is 0.277. The predicted molar refractivity (Wildman–Crippen MR) is 49.6 cm³/mol. The fourth-order valence-electron chi connectivity index (χ4n) is 0.867. The van der Waals surface area contributed by atoms with Gasteiger partial charge in [0.15, 0.2) is 0 Å². The van der Waals surface area contributed by atoms with Crippen LogP contribution in [0.3, 0.4) is 0 Å². The maximum atomic E-state index is 11.7. The Hall–Kier alpha value is -0.140. The lowest BCUT2D eigenvalue weighted by molar-refractivity contribution is -0.119. The first-order valence-electron chi connectivity index (χ1n) is 3.97. The van der Waals surface area contributed by atoms with E-state index in [0.717, 1.165) is 0 Å². The molecule has 72 valence electrons. The van der Waals surface area contributed by atoms with Crippen LogP contribution in [0.4, 0.5) is 0 Å². The molecule has 0 aliphatic rings. The van der Waals surface area contributed by atoms with Gasteiger partial charge < -0.3 is 4.52 Å². The van der Waals surface area contributed by atoms with Gasteiger partial charge in [0.1, 0.15) is 0 Å². The van der Waals surface area contributed by atoms with E-state index < -0.39 is 12.8 Å². The zero-order valence-electron chi connectivity index (χ0n) is 8.38. The van der Waals surface area contributed by atoms with E-state index in [1.165, 1.54) is 7.11 Å². The van der Waals surface area contributed by atoms with Gasteiger partial charge in [-0.15, -0.1) is 0 Å². The second-order valence-electron chi connectivity index (χ2n) is 3.73. The van der Waals surface area contributed by atoms with Crippen LogP contribution in [0.5, 0.6) is 0 Å². The van der Waals surface area contributed by atoms with Gasteiger partial charge >= 0.3 is 0 Å². The van der Waals surface area contributed by atoms with Crippen molar-refractivity contribution in [3.63, 3.8) is 0 Å². The monoisotopic (exact) mass is 192 g/mol. The summed E-state index contributed by atoms with van der Waals surface area (Å²) in [7, 11) is -1.71. The summed E-state index contributed by atoms with van der Waals surface area (Å²) < 4.78 is 16.5. The van der Waals surface area contributed by atoms with E-state index in [4.69, 9.17) is 4.52 Å². The van der Waals surface area contributed by atoms with Gasteiger partial charge in [-0.2, -0.15) is 0 Å². The van der Waals surface area contributed by atoms with Crippen molar-refractivity contribution in [2.75, 3.05) is 13.3 Å². The Morgan fingerprint density at radius 1 is 1.42 bits per heavy atom. The van der Waals surface area contributed by atoms with Crippen molar-refractivity contribution in [1.82, 2.24) is 0 Å². The fourth-order valence-corrected chi connectivity index (χ4v) is 2.60. The summed E-state index contributed by atoms with van der Waals surface area (Å²) in [6.45, 7) is 6.94. The van der Waals surface area contributed by atoms with Gasteiger partial charge in [0, 0.05) is 18.7 Å². The van der Waals surface area contributed by atoms with Crippen LogP contribution in [0.25, 0.3) is 0 Å². The van der Waals surface area contributed by atoms with Crippen molar-refractivity contribution in [1.29, 1.82) is 0 Å². The lowest BCUT2D eigenvalue weighted by Crippen LogP contribution is -2.21. The van der Waals surface area contributed by atoms with E-state index >= 15 is 0 Å². The number of carbonyl (C=O) groups excluding carboxylic acids is 1. The van der Waals surface area contributed by atoms with Crippen LogP contribution in [0.1, 0.15) is 27.7 Å². The number of hydrogen-bond donors (Lipinski definition) is 0. The third-order valence-electron chi connectivity index (χ3n) is 1.66. The van der Waals surface area contributed by atoms with Crippen molar-refractivity contribution in [3.8, 4) is 0 Å². The topological polar surface area (TPSA) is 43.4 Å². The number of hydrogen-bond acceptors (Lipinski definition) is 3. The molecule has 1 atom stereocenters. The lowest BCUT2D eigenvalue weighted by Gasteiger charge is -2.22. The Kier molecular flexibility index (Phi) is 3.67. The van der Waals surface area contributed by atoms with Crippen molar-refractivity contribution in [2.45, 2.75) is 27.7 Å². The van der Waals surface area contributed by atoms with E-state index in [-0.39, 0.29) is 11.7 Å². The molecule has 0 N–H and O–H groups in total. The molecule has 0 heterocycles. The van der Waals surface area contributed by atoms with E-state index in [0.29, 0.717) is 0 Å². The SMILES string of the molecule is CC[P@@](=O)(OC)C(=O)C(C)(C)C. The zero-order valence-corrected chi connectivity index (χ0v) is 9.27. The highest BCUT2D eigenvalue weighted by Crippen LogP contribution is 2.51. The first-order valence-corrected chi connectivity index (χ1v) is 5.78. The van der Waals surface area contributed by atoms with Crippen molar-refractivity contribution in [2.24, 2.45) is 5.41 Å². The van der Waals surface area contributed by atoms with Gasteiger partial charge in [0.05, 0.1) is 0 Å². The molecule has 3 nitrogen and oxygen atoms in total. The highest BCUT2D eigenvalue weighted by Gasteiger charge is 2.37. The third kappa shape index (κ3) is 2.43. The Morgan fingerprint density at radius 2 is 1.83 bits per heavy atom. The minimum absolute atomic E-state index is 0.277. The Morgan fingerprint density at radius 3 is 1.92 bits per heavy atom. The Balaban J connectivity index is 4.80. The van der Waals surface area contributed by atoms with E-state index in [1.807, 2.05) is 0 Å². The van der Waals surface area contributed by atoms with Crippen LogP contribution in [0, 0.1) is 5.41 Å². The molecule has 0 saturated heterocycles. The summed E-state index contributed by atoms with van der Waals surface area (Å²) in [5.74, 6) is 0. The molecular weight excluding hydrogens is 175 g/mol. The van der Waals surface area contributed by atoms with Gasteiger partial charge in [-0.05, 0) is 0 Å². The molecule has 0 aromatic heterocycles. The largest absolute Gasteiger partial charge is 0.327 e. The van der Waals surface area contributed by atoms with E-state index in [2.05, 4.69) is 0 Å². The summed E-state index contributed by atoms with van der Waals surface area (Å²) >= 11 is 0. The molecule has 0 rings (SSSR count). The first kappa shape index (κ1) is 11.9. The molecule has 0 fully saturated rings. The molecule has 0 aliphatic heterocycles. The second kappa shape index (κ2) is 3.71. The molecule has 12 heavy (non-hydrogen) atoms. The molecule has 0 aromatic rings. The molecular formula is C8H17O3P. The van der Waals surface area contributed by atoms with Gasteiger partial charge in [-0.1, -0.05) is 27.7 Å². The second-order valence-corrected chi connectivity index (χ2v) is 6.48. The smallest absolute Gasteiger partial charge is 0.266 e. The molecule has 0 radical (unpaired) electrons. The van der Waals surface area contributed by atoms with Crippen LogP contribution < -0.4 is 0 Å². The molecule has 4 heteroatoms. The van der Waals surface area contributed by atoms with Crippen LogP contribution in [-0.4, -0.2) is 18.8 Å². The lowest BCUT2D eigenvalue weighted by atomic mass is 9.99. The molecule has 0 aromatic carbocycles. The average molecular weight is 192 g/mol. The van der Waals surface area contributed by atoms with Crippen LogP contribution in [0.15, 0.2) is 0 Å². The summed E-state index contributed by atoms with van der Waals surface area (Å²) in [5.41, 5.74) is -0.860. The van der Waals surface area contributed by atoms with Gasteiger partial charge in [0.25, 0.3) is 7.37 Å². The number of rotatable bonds is 3. The predicted octanol–water partition coefficient (Wildman–Crippen LogP) is 2.50. The van der Waals surface area contributed by atoms with Crippen LogP contribution in [0.2, 0.25) is 0 Å². The van der Waals surface area contributed by atoms with E-state index in [1.54, 1.807) is 27.7 Å². The normalized spacial score (nSPS) is 17.1. The zero-order chi connectivity index (χ0) is 9.99. The van der Waals surface area contributed by atoms with Gasteiger partial charge in [-0.3, -0.25) is 9.36 Å². The average Bonchev–Trinajstić information content (AvgIpc) is 2.00. The Bertz CT molecular complexity index is 207. The molecule has 0 aliphatic carbocycles. The van der Waals surface area contributed by atoms with Gasteiger partial charge in [0.2, 0.25) is 5.52 Å². The van der Waals surface area contributed by atoms with Gasteiger partial charge in [-0.25, -0.2) is 0 Å². The quantitative estimate of drug-likeness (QED) is 0.645. The van der Waals surface area contributed by atoms with Crippen molar-refractivity contribution in [3.05, 3.63) is 0 Å². The summed E-state index contributed by atoms with van der Waals surface area (Å²) in [4.78, 5) is 11.6. The molecule has 0 saturated carbocycles. The van der Waals surface area contributed by atoms with Crippen molar-refractivity contribution >= 4 is 12.9 Å². The highest BCUT2D eigenvalue weighted by molar-refractivity contribution is 7.76. The van der Waals surface area contributed by atoms with Crippen LogP contribution in [-0.2, 0) is 13.9 Å². The maximum absolute atomic E-state index is 11.7. The summed E-state index contributed by atoms with van der Waals surface area (Å²) in [6, 6.07) is 0. The molecule has 0 amide bonds. The maximum Gasteiger partial charge on any atom is 0.266 e. The minimum Gasteiger partial charge on any atom is -0.327 e. The molecule has 0 unspecified atom stereocenters. The first-order chi connectivity index (χ1) is 5.28. The minimum atomic E-state index is -3.03. The van der Waals surface area contributed by atoms with Crippen LogP contribution >= 0.6 is 7.37 Å². The molecule has 0 bridgehead atoms. The van der Waals surface area contributed by atoms with E-state index in [9.17, 15) is 9.36 Å². The molecule has 0 spiro atoms. The highest BCUT2D eigenvalue weighted by atomic mass is 31.2. The third-order valence-corrected chi connectivity index (χ3v) is 4.37. The van der Waals surface area contributed by atoms with Crippen molar-refractivity contribution < 1.29 is 13.9 Å².